The van der Waals surface area contributed by atoms with Crippen molar-refractivity contribution >= 4 is 5.97 Å². The molecule has 1 N–H and O–H groups in total. The van der Waals surface area contributed by atoms with E-state index in [2.05, 4.69) is 6.92 Å². The van der Waals surface area contributed by atoms with Crippen LogP contribution in [0, 0.1) is 18.8 Å². The molecular formula is C15H20O3. The number of methoxy groups -OCH3 is 1. The van der Waals surface area contributed by atoms with E-state index in [0.29, 0.717) is 17.6 Å². The van der Waals surface area contributed by atoms with Gasteiger partial charge in [-0.15, -0.1) is 0 Å². The first-order chi connectivity index (χ1) is 8.52. The number of phenols is 1. The van der Waals surface area contributed by atoms with Crippen LogP contribution in [0.4, 0.5) is 0 Å². The third-order valence-corrected chi connectivity index (χ3v) is 3.87. The van der Waals surface area contributed by atoms with Gasteiger partial charge in [-0.05, 0) is 48.8 Å². The van der Waals surface area contributed by atoms with Crippen LogP contribution in [0.5, 0.6) is 5.75 Å². The lowest BCUT2D eigenvalue weighted by Gasteiger charge is -2.13. The van der Waals surface area contributed by atoms with E-state index in [1.54, 1.807) is 6.07 Å². The molecule has 3 atom stereocenters. The van der Waals surface area contributed by atoms with Crippen molar-refractivity contribution in [1.82, 2.24) is 0 Å². The molecule has 3 nitrogen and oxygen atoms in total. The lowest BCUT2D eigenvalue weighted by Crippen LogP contribution is -2.05. The lowest BCUT2D eigenvalue weighted by atomic mass is 9.93. The highest BCUT2D eigenvalue weighted by molar-refractivity contribution is 5.75. The summed E-state index contributed by atoms with van der Waals surface area (Å²) in [4.78, 5) is 11.3. The summed E-state index contributed by atoms with van der Waals surface area (Å²) in [6.07, 6.45) is 1.96. The third kappa shape index (κ3) is 2.66. The molecule has 0 saturated heterocycles. The molecule has 3 unspecified atom stereocenters. The van der Waals surface area contributed by atoms with Crippen molar-refractivity contribution in [2.45, 2.75) is 32.6 Å². The van der Waals surface area contributed by atoms with E-state index in [1.165, 1.54) is 12.7 Å². The average Bonchev–Trinajstić information content (AvgIpc) is 3.10. The molecule has 0 aliphatic heterocycles. The van der Waals surface area contributed by atoms with Crippen molar-refractivity contribution in [1.29, 1.82) is 0 Å². The standard InChI is InChI=1S/C15H20O3/c1-9(6-12-8-13(12)15(17)18-3)11-4-5-14(16)10(2)7-11/h4-5,7,9,12-13,16H,6,8H2,1-3H3. The van der Waals surface area contributed by atoms with Gasteiger partial charge in [0.2, 0.25) is 0 Å². The largest absolute Gasteiger partial charge is 0.508 e. The number of hydrogen-bond acceptors (Lipinski definition) is 3. The summed E-state index contributed by atoms with van der Waals surface area (Å²) in [5, 5.41) is 9.51. The molecule has 0 radical (unpaired) electrons. The molecule has 1 aliphatic rings. The molecule has 18 heavy (non-hydrogen) atoms. The number of rotatable bonds is 4. The Balaban J connectivity index is 1.95. The first-order valence-electron chi connectivity index (χ1n) is 6.40. The molecule has 0 heterocycles. The SMILES string of the molecule is COC(=O)C1CC1CC(C)c1ccc(O)c(C)c1. The second kappa shape index (κ2) is 5.01. The average molecular weight is 248 g/mol. The minimum atomic E-state index is -0.0749. The summed E-state index contributed by atoms with van der Waals surface area (Å²) >= 11 is 0. The van der Waals surface area contributed by atoms with Gasteiger partial charge in [0.15, 0.2) is 0 Å². The van der Waals surface area contributed by atoms with E-state index >= 15 is 0 Å². The van der Waals surface area contributed by atoms with Gasteiger partial charge in [0.25, 0.3) is 0 Å². The molecule has 3 heteroatoms. The van der Waals surface area contributed by atoms with Crippen molar-refractivity contribution in [2.75, 3.05) is 7.11 Å². The molecule has 1 saturated carbocycles. The predicted octanol–water partition coefficient (Wildman–Crippen LogP) is 3.00. The van der Waals surface area contributed by atoms with Crippen LogP contribution < -0.4 is 0 Å². The maximum Gasteiger partial charge on any atom is 0.308 e. The van der Waals surface area contributed by atoms with Crippen LogP contribution in [0.2, 0.25) is 0 Å². The van der Waals surface area contributed by atoms with Crippen LogP contribution in [0.15, 0.2) is 18.2 Å². The molecule has 1 fully saturated rings. The number of carbonyl (C=O) groups excluding carboxylic acids is 1. The number of esters is 1. The number of carbonyl (C=O) groups is 1. The lowest BCUT2D eigenvalue weighted by molar-refractivity contribution is -0.142. The van der Waals surface area contributed by atoms with Crippen molar-refractivity contribution in [3.8, 4) is 5.75 Å². The maximum atomic E-state index is 11.3. The summed E-state index contributed by atoms with van der Waals surface area (Å²) in [6, 6.07) is 5.73. The number of aryl methyl sites for hydroxylation is 1. The fraction of sp³-hybridized carbons (Fsp3) is 0.533. The summed E-state index contributed by atoms with van der Waals surface area (Å²) in [5.74, 6) is 1.24. The molecule has 0 amide bonds. The number of hydrogen-bond donors (Lipinski definition) is 1. The van der Waals surface area contributed by atoms with Gasteiger partial charge in [-0.25, -0.2) is 0 Å². The highest BCUT2D eigenvalue weighted by Crippen LogP contribution is 2.45. The van der Waals surface area contributed by atoms with E-state index in [0.717, 1.165) is 18.4 Å². The van der Waals surface area contributed by atoms with E-state index in [9.17, 15) is 9.90 Å². The number of benzene rings is 1. The first-order valence-corrected chi connectivity index (χ1v) is 6.40. The third-order valence-electron chi connectivity index (χ3n) is 3.87. The second-order valence-electron chi connectivity index (χ2n) is 5.31. The van der Waals surface area contributed by atoms with E-state index in [-0.39, 0.29) is 11.9 Å². The zero-order chi connectivity index (χ0) is 13.3. The van der Waals surface area contributed by atoms with Crippen LogP contribution in [0.25, 0.3) is 0 Å². The summed E-state index contributed by atoms with van der Waals surface area (Å²) < 4.78 is 4.75. The fourth-order valence-electron chi connectivity index (χ4n) is 2.52. The van der Waals surface area contributed by atoms with Crippen LogP contribution in [0.1, 0.15) is 36.8 Å². The molecule has 98 valence electrons. The highest BCUT2D eigenvalue weighted by atomic mass is 16.5. The Labute approximate surface area is 108 Å². The van der Waals surface area contributed by atoms with Gasteiger partial charge >= 0.3 is 5.97 Å². The topological polar surface area (TPSA) is 46.5 Å². The van der Waals surface area contributed by atoms with Gasteiger partial charge in [-0.3, -0.25) is 4.79 Å². The normalized spacial score (nSPS) is 23.5. The summed E-state index contributed by atoms with van der Waals surface area (Å²) in [7, 11) is 1.45. The van der Waals surface area contributed by atoms with Crippen LogP contribution in [-0.2, 0) is 9.53 Å². The minimum absolute atomic E-state index is 0.0749. The Morgan fingerprint density at radius 2 is 2.28 bits per heavy atom. The molecule has 1 aliphatic carbocycles. The van der Waals surface area contributed by atoms with Gasteiger partial charge in [-0.1, -0.05) is 19.1 Å². The summed E-state index contributed by atoms with van der Waals surface area (Å²) in [5.41, 5.74) is 2.13. The van der Waals surface area contributed by atoms with Gasteiger partial charge in [0.1, 0.15) is 5.75 Å². The molecule has 0 bridgehead atoms. The van der Waals surface area contributed by atoms with Crippen LogP contribution in [-0.4, -0.2) is 18.2 Å². The molecule has 0 spiro atoms. The van der Waals surface area contributed by atoms with Crippen LogP contribution in [0.3, 0.4) is 0 Å². The van der Waals surface area contributed by atoms with Crippen LogP contribution >= 0.6 is 0 Å². The maximum absolute atomic E-state index is 11.3. The number of phenolic OH excluding ortho intramolecular Hbond substituents is 1. The smallest absolute Gasteiger partial charge is 0.308 e. The second-order valence-corrected chi connectivity index (χ2v) is 5.31. The Hall–Kier alpha value is -1.51. The Morgan fingerprint density at radius 3 is 2.89 bits per heavy atom. The predicted molar refractivity (Wildman–Crippen MR) is 69.5 cm³/mol. The van der Waals surface area contributed by atoms with Gasteiger partial charge in [-0.2, -0.15) is 0 Å². The zero-order valence-corrected chi connectivity index (χ0v) is 11.1. The Bertz CT molecular complexity index is 453. The Morgan fingerprint density at radius 1 is 1.56 bits per heavy atom. The van der Waals surface area contributed by atoms with Crippen molar-refractivity contribution < 1.29 is 14.6 Å². The van der Waals surface area contributed by atoms with E-state index < -0.39 is 0 Å². The van der Waals surface area contributed by atoms with Crippen molar-refractivity contribution in [3.63, 3.8) is 0 Å². The molecule has 2 rings (SSSR count). The summed E-state index contributed by atoms with van der Waals surface area (Å²) in [6.45, 7) is 4.07. The number of aromatic hydroxyl groups is 1. The molecule has 1 aromatic rings. The van der Waals surface area contributed by atoms with E-state index in [4.69, 9.17) is 4.74 Å². The number of ether oxygens (including phenoxy) is 1. The van der Waals surface area contributed by atoms with E-state index in [1.807, 2.05) is 19.1 Å². The van der Waals surface area contributed by atoms with Gasteiger partial charge in [0.05, 0.1) is 13.0 Å². The zero-order valence-electron chi connectivity index (χ0n) is 11.1. The minimum Gasteiger partial charge on any atom is -0.508 e. The van der Waals surface area contributed by atoms with Crippen molar-refractivity contribution in [3.05, 3.63) is 29.3 Å². The Kier molecular flexibility index (Phi) is 3.60. The van der Waals surface area contributed by atoms with Gasteiger partial charge in [0, 0.05) is 0 Å². The van der Waals surface area contributed by atoms with Gasteiger partial charge < -0.3 is 9.84 Å². The molecular weight excluding hydrogens is 228 g/mol. The highest BCUT2D eigenvalue weighted by Gasteiger charge is 2.44. The molecule has 0 aromatic heterocycles. The fourth-order valence-corrected chi connectivity index (χ4v) is 2.52. The quantitative estimate of drug-likeness (QED) is 0.833. The first kappa shape index (κ1) is 12.9. The van der Waals surface area contributed by atoms with Crippen molar-refractivity contribution in [2.24, 2.45) is 11.8 Å². The molecule has 1 aromatic carbocycles. The monoisotopic (exact) mass is 248 g/mol.